The number of aromatic nitrogens is 1. The predicted octanol–water partition coefficient (Wildman–Crippen LogP) is 0.809. The molecule has 1 aliphatic carbocycles. The molecule has 0 aliphatic heterocycles. The van der Waals surface area contributed by atoms with Crippen LogP contribution >= 0.6 is 0 Å². The minimum atomic E-state index is -0.136. The fraction of sp³-hybridized carbons (Fsp3) is 0.364. The van der Waals surface area contributed by atoms with Gasteiger partial charge in [0.25, 0.3) is 17.6 Å². The first-order valence-electron chi connectivity index (χ1n) is 10.2. The SMILES string of the molecule is CCCNC(=O)c1ccc(C)c(N=C([NH+]=CN)c2[nH]cc(C(=O)NC3CC3)c2C)c1. The Balaban J connectivity index is 1.94. The first-order valence-corrected chi connectivity index (χ1v) is 10.2. The van der Waals surface area contributed by atoms with Crippen molar-refractivity contribution in [1.82, 2.24) is 15.6 Å². The highest BCUT2D eigenvalue weighted by Gasteiger charge is 2.26. The summed E-state index contributed by atoms with van der Waals surface area (Å²) in [7, 11) is 0. The maximum atomic E-state index is 12.5. The van der Waals surface area contributed by atoms with Crippen molar-refractivity contribution in [3.8, 4) is 0 Å². The lowest BCUT2D eigenvalue weighted by Crippen LogP contribution is -2.75. The molecule has 0 unspecified atom stereocenters. The lowest BCUT2D eigenvalue weighted by Gasteiger charge is -2.05. The van der Waals surface area contributed by atoms with Gasteiger partial charge >= 0.3 is 0 Å². The van der Waals surface area contributed by atoms with Gasteiger partial charge in [-0.05, 0) is 56.4 Å². The van der Waals surface area contributed by atoms with Gasteiger partial charge in [0.15, 0.2) is 6.34 Å². The van der Waals surface area contributed by atoms with Crippen molar-refractivity contribution in [3.63, 3.8) is 0 Å². The van der Waals surface area contributed by atoms with E-state index in [1.165, 1.54) is 6.34 Å². The van der Waals surface area contributed by atoms with E-state index in [1.54, 1.807) is 18.3 Å². The van der Waals surface area contributed by atoms with Gasteiger partial charge in [-0.15, -0.1) is 4.99 Å². The average molecular weight is 410 g/mol. The number of H-pyrrole nitrogens is 1. The molecule has 158 valence electrons. The summed E-state index contributed by atoms with van der Waals surface area (Å²) >= 11 is 0. The Hall–Kier alpha value is -3.42. The summed E-state index contributed by atoms with van der Waals surface area (Å²) in [4.78, 5) is 35.6. The van der Waals surface area contributed by atoms with E-state index in [0.29, 0.717) is 34.9 Å². The molecule has 30 heavy (non-hydrogen) atoms. The number of rotatable bonds is 7. The van der Waals surface area contributed by atoms with Gasteiger partial charge in [-0.2, -0.15) is 0 Å². The van der Waals surface area contributed by atoms with Crippen molar-refractivity contribution in [3.05, 3.63) is 52.3 Å². The van der Waals surface area contributed by atoms with Crippen LogP contribution in [-0.4, -0.2) is 41.6 Å². The number of benzene rings is 1. The molecule has 1 heterocycles. The van der Waals surface area contributed by atoms with Gasteiger partial charge in [0.05, 0.1) is 5.56 Å². The second-order valence-electron chi connectivity index (χ2n) is 7.48. The number of nitrogens with one attached hydrogen (secondary N) is 4. The molecular formula is C22H29N6O2+. The number of nitrogens with two attached hydrogens (primary N) is 1. The Morgan fingerprint density at radius 2 is 2.07 bits per heavy atom. The van der Waals surface area contributed by atoms with Gasteiger partial charge in [0.1, 0.15) is 11.4 Å². The predicted molar refractivity (Wildman–Crippen MR) is 117 cm³/mol. The van der Waals surface area contributed by atoms with E-state index in [4.69, 9.17) is 10.7 Å². The van der Waals surface area contributed by atoms with Crippen LogP contribution in [0, 0.1) is 13.8 Å². The number of aromatic amines is 1. The van der Waals surface area contributed by atoms with E-state index in [-0.39, 0.29) is 17.9 Å². The number of amidine groups is 1. The minimum Gasteiger partial charge on any atom is -0.355 e. The summed E-state index contributed by atoms with van der Waals surface area (Å²) < 4.78 is 0. The molecule has 3 rings (SSSR count). The van der Waals surface area contributed by atoms with E-state index >= 15 is 0 Å². The summed E-state index contributed by atoms with van der Waals surface area (Å²) in [6.45, 7) is 6.41. The van der Waals surface area contributed by atoms with E-state index in [9.17, 15) is 9.59 Å². The summed E-state index contributed by atoms with van der Waals surface area (Å²) in [5.74, 6) is 0.234. The molecule has 0 radical (unpaired) electrons. The highest BCUT2D eigenvalue weighted by molar-refractivity contribution is 6.02. The highest BCUT2D eigenvalue weighted by atomic mass is 16.2. The van der Waals surface area contributed by atoms with E-state index in [0.717, 1.165) is 30.4 Å². The van der Waals surface area contributed by atoms with Crippen LogP contribution in [0.15, 0.2) is 29.4 Å². The van der Waals surface area contributed by atoms with Crippen molar-refractivity contribution in [2.24, 2.45) is 10.7 Å². The molecule has 1 aromatic carbocycles. The largest absolute Gasteiger partial charge is 0.355 e. The Morgan fingerprint density at radius 1 is 1.30 bits per heavy atom. The van der Waals surface area contributed by atoms with Crippen LogP contribution in [0.3, 0.4) is 0 Å². The quantitative estimate of drug-likeness (QED) is 0.343. The fourth-order valence-electron chi connectivity index (χ4n) is 3.04. The van der Waals surface area contributed by atoms with Gasteiger partial charge < -0.3 is 21.4 Å². The first kappa shape index (κ1) is 21.3. The van der Waals surface area contributed by atoms with Gasteiger partial charge in [-0.25, -0.2) is 4.99 Å². The van der Waals surface area contributed by atoms with Crippen molar-refractivity contribution in [1.29, 1.82) is 0 Å². The number of carbonyl (C=O) groups excluding carboxylic acids is 2. The molecule has 1 saturated carbocycles. The number of aliphatic imine (C=N–C) groups is 1. The summed E-state index contributed by atoms with van der Waals surface area (Å²) in [6, 6.07) is 5.67. The molecule has 8 heteroatoms. The zero-order valence-electron chi connectivity index (χ0n) is 17.6. The lowest BCUT2D eigenvalue weighted by atomic mass is 10.1. The van der Waals surface area contributed by atoms with E-state index in [2.05, 4.69) is 20.6 Å². The Kier molecular flexibility index (Phi) is 6.66. The molecule has 8 nitrogen and oxygen atoms in total. The molecule has 2 amide bonds. The average Bonchev–Trinajstić information content (AvgIpc) is 3.46. The van der Waals surface area contributed by atoms with Gasteiger partial charge in [0.2, 0.25) is 0 Å². The van der Waals surface area contributed by atoms with Crippen LogP contribution in [0.4, 0.5) is 5.69 Å². The smallest absolute Gasteiger partial charge is 0.284 e. The normalized spacial score (nSPS) is 14.2. The summed E-state index contributed by atoms with van der Waals surface area (Å²) in [5, 5.41) is 5.87. The number of hydrogen-bond donors (Lipinski definition) is 5. The molecule has 0 spiro atoms. The van der Waals surface area contributed by atoms with Gasteiger partial charge in [-0.3, -0.25) is 9.59 Å². The van der Waals surface area contributed by atoms with Crippen molar-refractivity contribution < 1.29 is 14.6 Å². The minimum absolute atomic E-state index is 0.0978. The number of nitrogens with zero attached hydrogens (tertiary/aromatic N) is 1. The molecule has 6 N–H and O–H groups in total. The van der Waals surface area contributed by atoms with Gasteiger partial charge in [0, 0.05) is 24.3 Å². The Morgan fingerprint density at radius 3 is 2.73 bits per heavy atom. The third-order valence-corrected chi connectivity index (χ3v) is 4.99. The van der Waals surface area contributed by atoms with Crippen LogP contribution in [0.5, 0.6) is 0 Å². The fourth-order valence-corrected chi connectivity index (χ4v) is 3.04. The van der Waals surface area contributed by atoms with Crippen molar-refractivity contribution in [2.45, 2.75) is 46.1 Å². The molecule has 2 aromatic rings. The molecule has 0 bridgehead atoms. The van der Waals surface area contributed by atoms with Crippen LogP contribution in [0.2, 0.25) is 0 Å². The molecule has 1 aromatic heterocycles. The van der Waals surface area contributed by atoms with Crippen LogP contribution in [0.25, 0.3) is 0 Å². The van der Waals surface area contributed by atoms with Gasteiger partial charge in [-0.1, -0.05) is 13.0 Å². The lowest BCUT2D eigenvalue weighted by molar-refractivity contribution is -0.309. The molecule has 0 atom stereocenters. The van der Waals surface area contributed by atoms with Crippen molar-refractivity contribution in [2.75, 3.05) is 6.54 Å². The first-order chi connectivity index (χ1) is 14.4. The third-order valence-electron chi connectivity index (χ3n) is 4.99. The standard InChI is InChI=1S/C22H28N6O2/c1-4-9-24-21(29)15-6-5-13(2)18(10-15)28-20(26-12-23)19-14(3)17(11-25-19)22(30)27-16-7-8-16/h5-6,10-12,16,25H,4,7-9H2,1-3H3,(H,24,29)(H,27,30)(H2,23,26,28)/p+1. The zero-order valence-corrected chi connectivity index (χ0v) is 17.6. The molecule has 1 aliphatic rings. The molecule has 0 saturated heterocycles. The third kappa shape index (κ3) is 4.94. The maximum absolute atomic E-state index is 12.5. The number of carbonyl (C=O) groups is 2. The van der Waals surface area contributed by atoms with Crippen LogP contribution < -0.4 is 21.4 Å². The molecule has 1 fully saturated rings. The Bertz CT molecular complexity index is 1000. The second-order valence-corrected chi connectivity index (χ2v) is 7.48. The van der Waals surface area contributed by atoms with Crippen molar-refractivity contribution >= 4 is 29.7 Å². The van der Waals surface area contributed by atoms with E-state index in [1.807, 2.05) is 26.8 Å². The second kappa shape index (κ2) is 9.39. The van der Waals surface area contributed by atoms with Crippen LogP contribution in [0.1, 0.15) is 63.7 Å². The topological polar surface area (TPSA) is 126 Å². The van der Waals surface area contributed by atoms with E-state index < -0.39 is 0 Å². The maximum Gasteiger partial charge on any atom is 0.284 e. The Labute approximate surface area is 176 Å². The zero-order chi connectivity index (χ0) is 21.7. The highest BCUT2D eigenvalue weighted by Crippen LogP contribution is 2.23. The summed E-state index contributed by atoms with van der Waals surface area (Å²) in [5.41, 5.74) is 9.71. The van der Waals surface area contributed by atoms with Crippen LogP contribution in [-0.2, 0) is 0 Å². The number of aryl methyl sites for hydroxylation is 1. The summed E-state index contributed by atoms with van der Waals surface area (Å²) in [6.07, 6.45) is 5.89. The number of amides is 2. The number of hydrogen-bond acceptors (Lipinski definition) is 3. The monoisotopic (exact) mass is 409 g/mol. The molecular weight excluding hydrogens is 380 g/mol.